The summed E-state index contributed by atoms with van der Waals surface area (Å²) in [6.45, 7) is 10.4. The van der Waals surface area contributed by atoms with Crippen molar-refractivity contribution in [2.45, 2.75) is 71.2 Å². The van der Waals surface area contributed by atoms with Gasteiger partial charge < -0.3 is 14.4 Å². The Morgan fingerprint density at radius 2 is 1.84 bits per heavy atom. The molecule has 0 bridgehead atoms. The van der Waals surface area contributed by atoms with Crippen LogP contribution in [-0.2, 0) is 11.3 Å². The Morgan fingerprint density at radius 3 is 2.50 bits per heavy atom. The first-order valence-electron chi connectivity index (χ1n) is 14.8. The van der Waals surface area contributed by atoms with Gasteiger partial charge in [0.25, 0.3) is 0 Å². The van der Waals surface area contributed by atoms with Crippen molar-refractivity contribution in [2.24, 2.45) is 0 Å². The fourth-order valence-corrected chi connectivity index (χ4v) is 4.93. The van der Waals surface area contributed by atoms with Crippen LogP contribution in [0.1, 0.15) is 64.6 Å². The first kappa shape index (κ1) is 30.8. The molecule has 0 saturated carbocycles. The normalized spacial score (nSPS) is 15.5. The van der Waals surface area contributed by atoms with Crippen LogP contribution < -0.4 is 10.2 Å². The van der Waals surface area contributed by atoms with E-state index in [9.17, 15) is 9.59 Å². The number of benzene rings is 1. The first-order valence-corrected chi connectivity index (χ1v) is 14.8. The van der Waals surface area contributed by atoms with Crippen molar-refractivity contribution in [3.05, 3.63) is 82.8 Å². The highest BCUT2D eigenvalue weighted by Crippen LogP contribution is 2.29. The molecule has 0 spiro atoms. The van der Waals surface area contributed by atoms with Crippen LogP contribution in [0, 0.1) is 0 Å². The summed E-state index contributed by atoms with van der Waals surface area (Å²) in [7, 11) is 0. The SMILES string of the molecule is CCn1cc(-n2ccc(=O)c(C(C)c3cccc(-c4ncc(OCC5(F)CCN(C(=O)OC(C)(C)C)CC5)cn4)c3)n2)cn1. The second-order valence-electron chi connectivity index (χ2n) is 12.1. The highest BCUT2D eigenvalue weighted by Gasteiger charge is 2.38. The van der Waals surface area contributed by atoms with Crippen LogP contribution in [0.3, 0.4) is 0 Å². The zero-order valence-corrected chi connectivity index (χ0v) is 25.7. The third kappa shape index (κ3) is 7.29. The molecule has 4 aromatic rings. The van der Waals surface area contributed by atoms with E-state index in [2.05, 4.69) is 20.2 Å². The largest absolute Gasteiger partial charge is 0.487 e. The smallest absolute Gasteiger partial charge is 0.410 e. The number of halogens is 1. The lowest BCUT2D eigenvalue weighted by Gasteiger charge is -2.36. The van der Waals surface area contributed by atoms with Gasteiger partial charge in [-0.3, -0.25) is 9.48 Å². The Bertz CT molecular complexity index is 1650. The fraction of sp³-hybridized carbons (Fsp3) is 0.438. The van der Waals surface area contributed by atoms with Crippen LogP contribution in [0.5, 0.6) is 5.75 Å². The van der Waals surface area contributed by atoms with E-state index < -0.39 is 17.4 Å². The topological polar surface area (TPSA) is 117 Å². The maximum Gasteiger partial charge on any atom is 0.410 e. The monoisotopic (exact) mass is 603 g/mol. The maximum absolute atomic E-state index is 15.4. The van der Waals surface area contributed by atoms with Gasteiger partial charge in [0, 0.05) is 56.2 Å². The Balaban J connectivity index is 1.22. The number of aromatic nitrogens is 6. The van der Waals surface area contributed by atoms with Crippen molar-refractivity contribution in [1.29, 1.82) is 0 Å². The number of ether oxygens (including phenoxy) is 2. The molecule has 11 nitrogen and oxygen atoms in total. The summed E-state index contributed by atoms with van der Waals surface area (Å²) in [5, 5.41) is 8.91. The summed E-state index contributed by atoms with van der Waals surface area (Å²) < 4.78 is 30.0. The number of carbonyl (C=O) groups excluding carboxylic acids is 1. The van der Waals surface area contributed by atoms with Gasteiger partial charge in [-0.15, -0.1) is 0 Å². The van der Waals surface area contributed by atoms with E-state index in [1.807, 2.05) is 44.3 Å². The summed E-state index contributed by atoms with van der Waals surface area (Å²) in [6.07, 6.45) is 8.14. The molecule has 5 rings (SSSR count). The van der Waals surface area contributed by atoms with Gasteiger partial charge in [0.2, 0.25) is 5.43 Å². The molecule has 1 aromatic carbocycles. The van der Waals surface area contributed by atoms with Gasteiger partial charge in [-0.25, -0.2) is 23.8 Å². The molecular formula is C32H38FN7O4. The second kappa shape index (κ2) is 12.6. The quantitative estimate of drug-likeness (QED) is 0.271. The summed E-state index contributed by atoms with van der Waals surface area (Å²) in [4.78, 5) is 35.5. The average molecular weight is 604 g/mol. The van der Waals surface area contributed by atoms with E-state index in [-0.39, 0.29) is 43.9 Å². The van der Waals surface area contributed by atoms with Crippen LogP contribution in [0.4, 0.5) is 9.18 Å². The van der Waals surface area contributed by atoms with Crippen molar-refractivity contribution in [1.82, 2.24) is 34.4 Å². The zero-order valence-electron chi connectivity index (χ0n) is 25.7. The Hall–Kier alpha value is -4.61. The minimum atomic E-state index is -1.57. The Labute approximate surface area is 255 Å². The summed E-state index contributed by atoms with van der Waals surface area (Å²) >= 11 is 0. The molecule has 0 N–H and O–H groups in total. The summed E-state index contributed by atoms with van der Waals surface area (Å²) in [5.41, 5.74) is 0.515. The minimum absolute atomic E-state index is 0.152. The first-order chi connectivity index (χ1) is 20.9. The van der Waals surface area contributed by atoms with Crippen molar-refractivity contribution >= 4 is 6.09 Å². The molecule has 3 aromatic heterocycles. The molecule has 1 aliphatic rings. The molecule has 1 aliphatic heterocycles. The molecule has 0 radical (unpaired) electrons. The third-order valence-electron chi connectivity index (χ3n) is 7.54. The molecule has 44 heavy (non-hydrogen) atoms. The molecule has 1 fully saturated rings. The standard InChI is InChI=1S/C32H38FN7O4/c1-6-39-20-25(17-36-39)40-13-10-27(41)28(37-40)22(2)23-8-7-9-24(16-23)29-34-18-26(19-35-29)43-21-32(33)11-14-38(15-12-32)30(42)44-31(3,4)5/h7-10,13,16-20,22H,6,11-12,14-15,21H2,1-5H3. The van der Waals surface area contributed by atoms with Gasteiger partial charge in [0.1, 0.15) is 29.3 Å². The number of piperidine rings is 1. The van der Waals surface area contributed by atoms with Crippen LogP contribution in [0.15, 0.2) is 66.1 Å². The molecule has 12 heteroatoms. The number of aryl methyl sites for hydroxylation is 1. The average Bonchev–Trinajstić information content (AvgIpc) is 3.49. The molecule has 4 heterocycles. The van der Waals surface area contributed by atoms with Crippen LogP contribution in [0.25, 0.3) is 17.1 Å². The van der Waals surface area contributed by atoms with Gasteiger partial charge >= 0.3 is 6.09 Å². The van der Waals surface area contributed by atoms with Gasteiger partial charge in [0.15, 0.2) is 11.6 Å². The number of hydrogen-bond acceptors (Lipinski definition) is 8. The lowest BCUT2D eigenvalue weighted by atomic mass is 9.94. The molecular weight excluding hydrogens is 565 g/mol. The van der Waals surface area contributed by atoms with Crippen LogP contribution >= 0.6 is 0 Å². The van der Waals surface area contributed by atoms with Gasteiger partial charge in [-0.2, -0.15) is 10.2 Å². The van der Waals surface area contributed by atoms with Gasteiger partial charge in [-0.1, -0.05) is 25.1 Å². The Kier molecular flexibility index (Phi) is 8.80. The number of nitrogens with zero attached hydrogens (tertiary/aromatic N) is 7. The van der Waals surface area contributed by atoms with Crippen molar-refractivity contribution in [3.63, 3.8) is 0 Å². The molecule has 1 amide bonds. The summed E-state index contributed by atoms with van der Waals surface area (Å²) in [6, 6.07) is 9.16. The van der Waals surface area contributed by atoms with Crippen LogP contribution in [-0.4, -0.2) is 71.5 Å². The highest BCUT2D eigenvalue weighted by atomic mass is 19.1. The van der Waals surface area contributed by atoms with Crippen molar-refractivity contribution < 1.29 is 18.7 Å². The van der Waals surface area contributed by atoms with E-state index >= 15 is 4.39 Å². The predicted octanol–water partition coefficient (Wildman–Crippen LogP) is 5.18. The van der Waals surface area contributed by atoms with Gasteiger partial charge in [-0.05, 0) is 39.3 Å². The summed E-state index contributed by atoms with van der Waals surface area (Å²) in [5.74, 6) is 0.531. The predicted molar refractivity (Wildman–Crippen MR) is 163 cm³/mol. The van der Waals surface area contributed by atoms with E-state index in [0.717, 1.165) is 23.4 Å². The molecule has 232 valence electrons. The van der Waals surface area contributed by atoms with E-state index in [1.165, 1.54) is 23.4 Å². The molecule has 1 atom stereocenters. The highest BCUT2D eigenvalue weighted by molar-refractivity contribution is 5.68. The molecule has 0 aliphatic carbocycles. The molecule has 1 saturated heterocycles. The lowest BCUT2D eigenvalue weighted by Crippen LogP contribution is -2.48. The van der Waals surface area contributed by atoms with Crippen molar-refractivity contribution in [3.8, 4) is 22.8 Å². The fourth-order valence-electron chi connectivity index (χ4n) is 4.93. The number of rotatable bonds is 8. The Morgan fingerprint density at radius 1 is 1.11 bits per heavy atom. The maximum atomic E-state index is 15.4. The van der Waals surface area contributed by atoms with E-state index in [1.54, 1.807) is 42.5 Å². The minimum Gasteiger partial charge on any atom is -0.487 e. The molecule has 1 unspecified atom stereocenters. The van der Waals surface area contributed by atoms with Crippen molar-refractivity contribution in [2.75, 3.05) is 19.7 Å². The number of carbonyl (C=O) groups is 1. The number of likely N-dealkylation sites (tertiary alicyclic amines) is 1. The number of hydrogen-bond donors (Lipinski definition) is 0. The van der Waals surface area contributed by atoms with Crippen LogP contribution in [0.2, 0.25) is 0 Å². The van der Waals surface area contributed by atoms with Gasteiger partial charge in [0.05, 0.1) is 24.8 Å². The second-order valence-corrected chi connectivity index (χ2v) is 12.1. The third-order valence-corrected chi connectivity index (χ3v) is 7.54. The van der Waals surface area contributed by atoms with E-state index in [0.29, 0.717) is 17.3 Å². The zero-order chi connectivity index (χ0) is 31.5. The van der Waals surface area contributed by atoms with E-state index in [4.69, 9.17) is 9.47 Å². The lowest BCUT2D eigenvalue weighted by molar-refractivity contribution is -0.00922. The number of alkyl halides is 1. The number of amides is 1.